The van der Waals surface area contributed by atoms with E-state index in [1.807, 2.05) is 4.90 Å². The smallest absolute Gasteiger partial charge is 0.254 e. The summed E-state index contributed by atoms with van der Waals surface area (Å²) in [5, 5.41) is 1.23. The first-order valence-electron chi connectivity index (χ1n) is 9.66. The number of amides is 1. The van der Waals surface area contributed by atoms with E-state index >= 15 is 0 Å². The van der Waals surface area contributed by atoms with E-state index in [0.29, 0.717) is 36.1 Å². The molecule has 1 N–H and O–H groups in total. The minimum atomic E-state index is 0.0148. The molecule has 146 valence electrons. The Balaban J connectivity index is 1.65. The van der Waals surface area contributed by atoms with Crippen LogP contribution in [0.25, 0.3) is 10.9 Å². The zero-order valence-corrected chi connectivity index (χ0v) is 16.8. The molecule has 0 saturated carbocycles. The third kappa shape index (κ3) is 3.11. The van der Waals surface area contributed by atoms with Crippen molar-refractivity contribution in [3.63, 3.8) is 0 Å². The highest BCUT2D eigenvalue weighted by Gasteiger charge is 2.25. The SMILES string of the molecule is COc1ccc(C(=O)N2CCc3[nH]c4ccc(C(C)C)cc4c3C2)cc1OC. The van der Waals surface area contributed by atoms with Crippen LogP contribution < -0.4 is 9.47 Å². The van der Waals surface area contributed by atoms with Gasteiger partial charge in [-0.15, -0.1) is 0 Å². The van der Waals surface area contributed by atoms with E-state index in [4.69, 9.17) is 9.47 Å². The molecule has 0 saturated heterocycles. The van der Waals surface area contributed by atoms with Gasteiger partial charge in [-0.1, -0.05) is 19.9 Å². The lowest BCUT2D eigenvalue weighted by Crippen LogP contribution is -2.35. The number of rotatable bonds is 4. The van der Waals surface area contributed by atoms with Crippen molar-refractivity contribution in [2.75, 3.05) is 20.8 Å². The fraction of sp³-hybridized carbons (Fsp3) is 0.348. The summed E-state index contributed by atoms with van der Waals surface area (Å²) < 4.78 is 10.6. The molecule has 2 aromatic carbocycles. The molecular formula is C23H26N2O3. The highest BCUT2D eigenvalue weighted by molar-refractivity contribution is 5.95. The first-order valence-corrected chi connectivity index (χ1v) is 9.66. The second kappa shape index (κ2) is 7.23. The van der Waals surface area contributed by atoms with Gasteiger partial charge in [0.25, 0.3) is 5.91 Å². The maximum atomic E-state index is 13.1. The number of hydrogen-bond donors (Lipinski definition) is 1. The molecular weight excluding hydrogens is 352 g/mol. The maximum Gasteiger partial charge on any atom is 0.254 e. The Hall–Kier alpha value is -2.95. The van der Waals surface area contributed by atoms with Crippen LogP contribution in [0.1, 0.15) is 46.9 Å². The Bertz CT molecular complexity index is 1040. The molecule has 3 aromatic rings. The molecule has 0 spiro atoms. The number of aromatic nitrogens is 1. The Kier molecular flexibility index (Phi) is 4.75. The molecule has 1 amide bonds. The number of ether oxygens (including phenoxy) is 2. The van der Waals surface area contributed by atoms with Crippen molar-refractivity contribution in [3.05, 3.63) is 58.8 Å². The van der Waals surface area contributed by atoms with E-state index in [2.05, 4.69) is 37.0 Å². The first kappa shape index (κ1) is 18.4. The van der Waals surface area contributed by atoms with Gasteiger partial charge in [0, 0.05) is 47.2 Å². The van der Waals surface area contributed by atoms with Crippen molar-refractivity contribution >= 4 is 16.8 Å². The highest BCUT2D eigenvalue weighted by Crippen LogP contribution is 2.32. The molecule has 1 aliphatic heterocycles. The van der Waals surface area contributed by atoms with E-state index in [0.717, 1.165) is 11.9 Å². The highest BCUT2D eigenvalue weighted by atomic mass is 16.5. The lowest BCUT2D eigenvalue weighted by molar-refractivity contribution is 0.0734. The van der Waals surface area contributed by atoms with E-state index in [-0.39, 0.29) is 5.91 Å². The van der Waals surface area contributed by atoms with Gasteiger partial charge in [-0.2, -0.15) is 0 Å². The molecule has 0 fully saturated rings. The number of hydrogen-bond acceptors (Lipinski definition) is 3. The average Bonchev–Trinajstić information content (AvgIpc) is 3.09. The van der Waals surface area contributed by atoms with Gasteiger partial charge in [0.2, 0.25) is 0 Å². The summed E-state index contributed by atoms with van der Waals surface area (Å²) in [6.07, 6.45) is 0.833. The van der Waals surface area contributed by atoms with Crippen molar-refractivity contribution in [2.24, 2.45) is 0 Å². The van der Waals surface area contributed by atoms with Gasteiger partial charge < -0.3 is 19.4 Å². The molecule has 0 atom stereocenters. The average molecular weight is 378 g/mol. The Morgan fingerprint density at radius 2 is 1.86 bits per heavy atom. The Morgan fingerprint density at radius 3 is 2.57 bits per heavy atom. The molecule has 4 rings (SSSR count). The monoisotopic (exact) mass is 378 g/mol. The van der Waals surface area contributed by atoms with Crippen LogP contribution in [0.5, 0.6) is 11.5 Å². The predicted octanol–water partition coefficient (Wildman–Crippen LogP) is 4.51. The van der Waals surface area contributed by atoms with E-state index in [9.17, 15) is 4.79 Å². The third-order valence-corrected chi connectivity index (χ3v) is 5.58. The molecule has 0 radical (unpaired) electrons. The summed E-state index contributed by atoms with van der Waals surface area (Å²) in [5.41, 5.74) is 5.56. The number of H-pyrrole nitrogens is 1. The number of fused-ring (bicyclic) bond motifs is 3. The van der Waals surface area contributed by atoms with Crippen molar-refractivity contribution in [1.82, 2.24) is 9.88 Å². The van der Waals surface area contributed by atoms with Crippen LogP contribution in [-0.4, -0.2) is 36.6 Å². The standard InChI is InChI=1S/C23H26N2O3/c1-14(2)15-5-7-19-17(11-15)18-13-25(10-9-20(18)24-19)23(26)16-6-8-21(27-3)22(12-16)28-4/h5-8,11-12,14,24H,9-10,13H2,1-4H3. The van der Waals surface area contributed by atoms with Crippen LogP contribution in [-0.2, 0) is 13.0 Å². The number of nitrogens with one attached hydrogen (secondary N) is 1. The molecule has 0 aliphatic carbocycles. The summed E-state index contributed by atoms with van der Waals surface area (Å²) >= 11 is 0. The molecule has 5 heteroatoms. The summed E-state index contributed by atoms with van der Waals surface area (Å²) in [6, 6.07) is 11.9. The molecule has 0 unspecified atom stereocenters. The Labute approximate surface area is 165 Å². The molecule has 1 aromatic heterocycles. The lowest BCUT2D eigenvalue weighted by Gasteiger charge is -2.27. The van der Waals surface area contributed by atoms with Gasteiger partial charge in [-0.05, 0) is 41.8 Å². The lowest BCUT2D eigenvalue weighted by atomic mass is 9.98. The minimum Gasteiger partial charge on any atom is -0.493 e. The molecule has 0 bridgehead atoms. The largest absolute Gasteiger partial charge is 0.493 e. The van der Waals surface area contributed by atoms with Crippen molar-refractivity contribution < 1.29 is 14.3 Å². The number of methoxy groups -OCH3 is 2. The van der Waals surface area contributed by atoms with Gasteiger partial charge in [-0.3, -0.25) is 4.79 Å². The first-order chi connectivity index (χ1) is 13.5. The van der Waals surface area contributed by atoms with Gasteiger partial charge >= 0.3 is 0 Å². The summed E-state index contributed by atoms with van der Waals surface area (Å²) in [4.78, 5) is 18.6. The fourth-order valence-corrected chi connectivity index (χ4v) is 3.92. The maximum absolute atomic E-state index is 13.1. The number of carbonyl (C=O) groups is 1. The van der Waals surface area contributed by atoms with Gasteiger partial charge in [-0.25, -0.2) is 0 Å². The minimum absolute atomic E-state index is 0.0148. The number of benzene rings is 2. The van der Waals surface area contributed by atoms with Crippen LogP contribution in [0.2, 0.25) is 0 Å². The van der Waals surface area contributed by atoms with Crippen LogP contribution in [0.15, 0.2) is 36.4 Å². The van der Waals surface area contributed by atoms with E-state index < -0.39 is 0 Å². The number of aromatic amines is 1. The van der Waals surface area contributed by atoms with E-state index in [1.54, 1.807) is 32.4 Å². The summed E-state index contributed by atoms with van der Waals surface area (Å²) in [5.74, 6) is 1.68. The van der Waals surface area contributed by atoms with Crippen LogP contribution >= 0.6 is 0 Å². The predicted molar refractivity (Wildman–Crippen MR) is 110 cm³/mol. The molecule has 28 heavy (non-hydrogen) atoms. The quantitative estimate of drug-likeness (QED) is 0.727. The van der Waals surface area contributed by atoms with Gasteiger partial charge in [0.15, 0.2) is 11.5 Å². The van der Waals surface area contributed by atoms with Crippen molar-refractivity contribution in [2.45, 2.75) is 32.7 Å². The van der Waals surface area contributed by atoms with E-state index in [1.165, 1.54) is 22.2 Å². The van der Waals surface area contributed by atoms with Gasteiger partial charge in [0.1, 0.15) is 0 Å². The topological polar surface area (TPSA) is 54.6 Å². The second-order valence-corrected chi connectivity index (χ2v) is 7.59. The summed E-state index contributed by atoms with van der Waals surface area (Å²) in [7, 11) is 3.17. The molecule has 5 nitrogen and oxygen atoms in total. The number of carbonyl (C=O) groups excluding carboxylic acids is 1. The fourth-order valence-electron chi connectivity index (χ4n) is 3.92. The summed E-state index contributed by atoms with van der Waals surface area (Å²) in [6.45, 7) is 5.72. The zero-order valence-electron chi connectivity index (χ0n) is 16.8. The second-order valence-electron chi connectivity index (χ2n) is 7.59. The zero-order chi connectivity index (χ0) is 19.8. The van der Waals surface area contributed by atoms with Crippen LogP contribution in [0.3, 0.4) is 0 Å². The Morgan fingerprint density at radius 1 is 1.07 bits per heavy atom. The van der Waals surface area contributed by atoms with Gasteiger partial charge in [0.05, 0.1) is 14.2 Å². The van der Waals surface area contributed by atoms with Crippen molar-refractivity contribution in [1.29, 1.82) is 0 Å². The third-order valence-electron chi connectivity index (χ3n) is 5.58. The molecule has 1 aliphatic rings. The van der Waals surface area contributed by atoms with Crippen LogP contribution in [0, 0.1) is 0 Å². The molecule has 2 heterocycles. The number of nitrogens with zero attached hydrogens (tertiary/aromatic N) is 1. The van der Waals surface area contributed by atoms with Crippen LogP contribution in [0.4, 0.5) is 0 Å². The normalized spacial score (nSPS) is 13.7. The van der Waals surface area contributed by atoms with Crippen molar-refractivity contribution in [3.8, 4) is 11.5 Å².